The Morgan fingerprint density at radius 3 is 2.40 bits per heavy atom. The van der Waals surface area contributed by atoms with Crippen LogP contribution in [0.15, 0.2) is 65.7 Å². The summed E-state index contributed by atoms with van der Waals surface area (Å²) in [6, 6.07) is 13.8. The number of hydrogen-bond acceptors (Lipinski definition) is 8. The fourth-order valence-electron chi connectivity index (χ4n) is 3.40. The van der Waals surface area contributed by atoms with E-state index >= 15 is 0 Å². The zero-order valence-corrected chi connectivity index (χ0v) is 19.3. The number of carboxylic acids is 2. The first-order chi connectivity index (χ1) is 16.8. The van der Waals surface area contributed by atoms with Crippen LogP contribution in [0.4, 0.5) is 10.6 Å². The van der Waals surface area contributed by atoms with Crippen LogP contribution < -0.4 is 15.0 Å². The maximum absolute atomic E-state index is 11.6. The maximum atomic E-state index is 11.6. The minimum atomic E-state index is -1.26. The molecule has 10 nitrogen and oxygen atoms in total. The molecule has 1 aromatic carbocycles. The Hall–Kier alpha value is -4.12. The molecule has 0 saturated carbocycles. The van der Waals surface area contributed by atoms with E-state index in [-0.39, 0.29) is 11.1 Å². The van der Waals surface area contributed by atoms with E-state index in [1.165, 1.54) is 0 Å². The summed E-state index contributed by atoms with van der Waals surface area (Å²) in [6.45, 7) is 1.60. The lowest BCUT2D eigenvalue weighted by atomic mass is 10.2. The van der Waals surface area contributed by atoms with Gasteiger partial charge in [-0.25, -0.2) is 14.6 Å². The Kier molecular flexibility index (Phi) is 9.02. The van der Waals surface area contributed by atoms with E-state index in [9.17, 15) is 19.2 Å². The first-order valence-electron chi connectivity index (χ1n) is 10.6. The third-order valence-corrected chi connectivity index (χ3v) is 5.76. The number of carbonyl (C=O) groups is 4. The van der Waals surface area contributed by atoms with Gasteiger partial charge in [-0.3, -0.25) is 14.9 Å². The molecule has 3 heterocycles. The average molecular weight is 498 g/mol. The number of carboxylic acid groups (broad SMARTS) is 2. The van der Waals surface area contributed by atoms with Gasteiger partial charge in [0.1, 0.15) is 18.2 Å². The zero-order chi connectivity index (χ0) is 25.2. The molecule has 3 N–H and O–H groups in total. The van der Waals surface area contributed by atoms with E-state index in [1.807, 2.05) is 48.7 Å². The number of rotatable bonds is 7. The molecule has 2 aliphatic heterocycles. The number of nitrogens with zero attached hydrogens (tertiary/aromatic N) is 2. The molecule has 0 aliphatic carbocycles. The number of imide groups is 1. The standard InChI is InChI=1S/C20H19N3O3S.C4H4O4/c24-19-17(27-20(25)22-19)12-14-6-8-16(9-7-14)26-13-15-4-3-11-23(15)18-5-1-2-10-21-18;5-3(6)1-2-4(7)8/h1-2,5-10,12,15H,3-4,11,13H2,(H,22,24,25);1-2H,(H,5,6)(H,7,8)/b;2-1-/t15-;/m0./s1. The van der Waals surface area contributed by atoms with Gasteiger partial charge in [0, 0.05) is 24.9 Å². The number of ether oxygens (including phenoxy) is 1. The molecular weight excluding hydrogens is 474 g/mol. The molecule has 1 aromatic heterocycles. The van der Waals surface area contributed by atoms with Crippen LogP contribution in [-0.4, -0.2) is 57.5 Å². The van der Waals surface area contributed by atoms with Gasteiger partial charge in [0.25, 0.3) is 11.1 Å². The van der Waals surface area contributed by atoms with Gasteiger partial charge < -0.3 is 19.8 Å². The van der Waals surface area contributed by atoms with E-state index in [0.717, 1.165) is 48.3 Å². The molecule has 0 unspecified atom stereocenters. The highest BCUT2D eigenvalue weighted by Gasteiger charge is 2.26. The normalized spacial score (nSPS) is 18.3. The van der Waals surface area contributed by atoms with E-state index < -0.39 is 11.9 Å². The Morgan fingerprint density at radius 1 is 1.11 bits per heavy atom. The number of benzene rings is 1. The lowest BCUT2D eigenvalue weighted by Gasteiger charge is -2.25. The van der Waals surface area contributed by atoms with Gasteiger partial charge in [0.15, 0.2) is 0 Å². The van der Waals surface area contributed by atoms with Crippen LogP contribution in [0.2, 0.25) is 0 Å². The number of thioether (sulfide) groups is 1. The molecule has 0 radical (unpaired) electrons. The number of nitrogens with one attached hydrogen (secondary N) is 1. The molecule has 4 rings (SSSR count). The Morgan fingerprint density at radius 2 is 1.83 bits per heavy atom. The Bertz CT molecular complexity index is 1120. The highest BCUT2D eigenvalue weighted by molar-refractivity contribution is 8.18. The van der Waals surface area contributed by atoms with Crippen LogP contribution in [0, 0.1) is 0 Å². The second-order valence-electron chi connectivity index (χ2n) is 7.42. The fourth-order valence-corrected chi connectivity index (χ4v) is 4.08. The molecule has 35 heavy (non-hydrogen) atoms. The lowest BCUT2D eigenvalue weighted by Crippen LogP contribution is -2.34. The van der Waals surface area contributed by atoms with E-state index in [0.29, 0.717) is 29.7 Å². The summed E-state index contributed by atoms with van der Waals surface area (Å²) < 4.78 is 5.98. The molecule has 2 aliphatic rings. The van der Waals surface area contributed by atoms with E-state index in [4.69, 9.17) is 14.9 Å². The lowest BCUT2D eigenvalue weighted by molar-refractivity contribution is -0.134. The molecule has 1 atom stereocenters. The molecule has 2 fully saturated rings. The molecule has 182 valence electrons. The van der Waals surface area contributed by atoms with E-state index in [2.05, 4.69) is 15.2 Å². The SMILES string of the molecule is O=C(O)/C=C\C(=O)O.O=C1NC(=O)C(=Cc2ccc(OC[C@@H]3CCCN3c3ccccn3)cc2)S1. The monoisotopic (exact) mass is 497 g/mol. The Balaban J connectivity index is 0.000000371. The molecular formula is C24H23N3O7S. The fraction of sp³-hybridized carbons (Fsp3) is 0.208. The molecule has 2 amide bonds. The van der Waals surface area contributed by atoms with Crippen LogP contribution in [0.25, 0.3) is 6.08 Å². The summed E-state index contributed by atoms with van der Waals surface area (Å²) in [4.78, 5) is 49.1. The molecule has 0 bridgehead atoms. The largest absolute Gasteiger partial charge is 0.491 e. The quantitative estimate of drug-likeness (QED) is 0.488. The summed E-state index contributed by atoms with van der Waals surface area (Å²) in [5.41, 5.74) is 0.852. The Labute approximate surface area is 205 Å². The average Bonchev–Trinajstić information content (AvgIpc) is 3.43. The van der Waals surface area contributed by atoms with Crippen molar-refractivity contribution in [1.29, 1.82) is 0 Å². The van der Waals surface area contributed by atoms with Crippen LogP contribution in [-0.2, 0) is 14.4 Å². The van der Waals surface area contributed by atoms with Crippen molar-refractivity contribution in [3.8, 4) is 5.75 Å². The van der Waals surface area contributed by atoms with Gasteiger partial charge in [-0.2, -0.15) is 0 Å². The van der Waals surface area contributed by atoms with Gasteiger partial charge in [-0.05, 0) is 60.5 Å². The smallest absolute Gasteiger partial charge is 0.328 e. The van der Waals surface area contributed by atoms with Crippen molar-refractivity contribution >= 4 is 46.7 Å². The van der Waals surface area contributed by atoms with Gasteiger partial charge in [0.05, 0.1) is 10.9 Å². The molecule has 11 heteroatoms. The number of pyridine rings is 1. The van der Waals surface area contributed by atoms with Gasteiger partial charge >= 0.3 is 11.9 Å². The summed E-state index contributed by atoms with van der Waals surface area (Å²) in [5, 5.41) is 17.5. The van der Waals surface area contributed by atoms with Crippen molar-refractivity contribution in [1.82, 2.24) is 10.3 Å². The summed E-state index contributed by atoms with van der Waals surface area (Å²) in [7, 11) is 0. The van der Waals surface area contributed by atoms with E-state index in [1.54, 1.807) is 6.08 Å². The number of carbonyl (C=O) groups excluding carboxylic acids is 2. The topological polar surface area (TPSA) is 146 Å². The van der Waals surface area contributed by atoms with Crippen LogP contribution in [0.3, 0.4) is 0 Å². The highest BCUT2D eigenvalue weighted by atomic mass is 32.2. The number of amides is 2. The first kappa shape index (κ1) is 25.5. The molecule has 0 spiro atoms. The van der Waals surface area contributed by atoms with Crippen molar-refractivity contribution in [2.75, 3.05) is 18.1 Å². The van der Waals surface area contributed by atoms with Crippen molar-refractivity contribution in [3.63, 3.8) is 0 Å². The third kappa shape index (κ3) is 8.00. The zero-order valence-electron chi connectivity index (χ0n) is 18.5. The minimum absolute atomic E-state index is 0.311. The summed E-state index contributed by atoms with van der Waals surface area (Å²) in [6.07, 6.45) is 6.85. The van der Waals surface area contributed by atoms with Crippen LogP contribution >= 0.6 is 11.8 Å². The molecule has 2 aromatic rings. The maximum Gasteiger partial charge on any atom is 0.328 e. The van der Waals surface area contributed by atoms with Crippen LogP contribution in [0.1, 0.15) is 18.4 Å². The second kappa shape index (κ2) is 12.4. The molecule has 2 saturated heterocycles. The van der Waals surface area contributed by atoms with Gasteiger partial charge in [-0.15, -0.1) is 0 Å². The van der Waals surface area contributed by atoms with Crippen molar-refractivity contribution in [2.24, 2.45) is 0 Å². The van der Waals surface area contributed by atoms with Crippen molar-refractivity contribution in [3.05, 3.63) is 71.3 Å². The van der Waals surface area contributed by atoms with Crippen LogP contribution in [0.5, 0.6) is 5.75 Å². The van der Waals surface area contributed by atoms with Gasteiger partial charge in [0.2, 0.25) is 0 Å². The minimum Gasteiger partial charge on any atom is -0.491 e. The number of aliphatic carboxylic acids is 2. The number of aromatic nitrogens is 1. The second-order valence-corrected chi connectivity index (χ2v) is 8.43. The predicted molar refractivity (Wildman–Crippen MR) is 130 cm³/mol. The third-order valence-electron chi connectivity index (χ3n) is 4.95. The van der Waals surface area contributed by atoms with Crippen molar-refractivity contribution in [2.45, 2.75) is 18.9 Å². The predicted octanol–water partition coefficient (Wildman–Crippen LogP) is 3.17. The van der Waals surface area contributed by atoms with Crippen molar-refractivity contribution < 1.29 is 34.1 Å². The summed E-state index contributed by atoms with van der Waals surface area (Å²) >= 11 is 0.917. The number of hydrogen-bond donors (Lipinski definition) is 3. The first-order valence-corrected chi connectivity index (χ1v) is 11.4. The number of anilines is 1. The summed E-state index contributed by atoms with van der Waals surface area (Å²) in [5.74, 6) is -1.09. The highest BCUT2D eigenvalue weighted by Crippen LogP contribution is 2.27. The van der Waals surface area contributed by atoms with Gasteiger partial charge in [-0.1, -0.05) is 18.2 Å².